The fraction of sp³-hybridized carbons (Fsp3) is 0.833. The second kappa shape index (κ2) is 8.28. The van der Waals surface area contributed by atoms with Gasteiger partial charge < -0.3 is 5.32 Å². The number of nitrogens with one attached hydrogen (secondary N) is 2. The van der Waals surface area contributed by atoms with Gasteiger partial charge in [-0.15, -0.1) is 0 Å². The molecule has 4 heteroatoms. The van der Waals surface area contributed by atoms with Crippen molar-refractivity contribution in [2.45, 2.75) is 58.4 Å². The molecule has 92 valence electrons. The van der Waals surface area contributed by atoms with Crippen molar-refractivity contribution in [3.63, 3.8) is 0 Å². The highest BCUT2D eigenvalue weighted by Crippen LogP contribution is 2.02. The van der Waals surface area contributed by atoms with E-state index in [9.17, 15) is 0 Å². The van der Waals surface area contributed by atoms with Crippen LogP contribution in [0.15, 0.2) is 6.33 Å². The number of rotatable bonds is 9. The van der Waals surface area contributed by atoms with Gasteiger partial charge in [-0.25, -0.2) is 4.98 Å². The summed E-state index contributed by atoms with van der Waals surface area (Å²) in [5.41, 5.74) is 0. The van der Waals surface area contributed by atoms with E-state index in [2.05, 4.69) is 34.3 Å². The number of aryl methyl sites for hydroxylation is 1. The van der Waals surface area contributed by atoms with E-state index >= 15 is 0 Å². The zero-order chi connectivity index (χ0) is 11.6. The monoisotopic (exact) mass is 224 g/mol. The van der Waals surface area contributed by atoms with Crippen molar-refractivity contribution in [1.29, 1.82) is 0 Å². The summed E-state index contributed by atoms with van der Waals surface area (Å²) in [6.45, 7) is 5.58. The third-order valence-electron chi connectivity index (χ3n) is 2.79. The Labute approximate surface area is 98.2 Å². The topological polar surface area (TPSA) is 53.6 Å². The van der Waals surface area contributed by atoms with Gasteiger partial charge >= 0.3 is 0 Å². The van der Waals surface area contributed by atoms with Crippen molar-refractivity contribution in [2.75, 3.05) is 6.54 Å². The van der Waals surface area contributed by atoms with Gasteiger partial charge in [0.25, 0.3) is 0 Å². The Morgan fingerprint density at radius 3 is 2.94 bits per heavy atom. The number of nitrogens with zero attached hydrogens (tertiary/aromatic N) is 2. The fourth-order valence-corrected chi connectivity index (χ4v) is 1.76. The highest BCUT2D eigenvalue weighted by atomic mass is 15.2. The summed E-state index contributed by atoms with van der Waals surface area (Å²) in [5.74, 6) is 0.987. The van der Waals surface area contributed by atoms with Gasteiger partial charge in [-0.1, -0.05) is 26.2 Å². The Morgan fingerprint density at radius 2 is 2.25 bits per heavy atom. The molecule has 0 aromatic carbocycles. The van der Waals surface area contributed by atoms with Crippen LogP contribution in [0.3, 0.4) is 0 Å². The Morgan fingerprint density at radius 1 is 1.38 bits per heavy atom. The molecule has 1 aromatic heterocycles. The summed E-state index contributed by atoms with van der Waals surface area (Å²) < 4.78 is 0. The van der Waals surface area contributed by atoms with Gasteiger partial charge in [0, 0.05) is 12.5 Å². The summed E-state index contributed by atoms with van der Waals surface area (Å²) in [7, 11) is 0. The van der Waals surface area contributed by atoms with Crippen LogP contribution in [-0.2, 0) is 6.42 Å². The molecule has 1 unspecified atom stereocenters. The van der Waals surface area contributed by atoms with E-state index in [1.54, 1.807) is 6.33 Å². The molecular formula is C12H24N4. The molecule has 0 saturated heterocycles. The third kappa shape index (κ3) is 5.85. The van der Waals surface area contributed by atoms with E-state index in [4.69, 9.17) is 0 Å². The molecule has 2 N–H and O–H groups in total. The number of aromatic amines is 1. The molecule has 0 bridgehead atoms. The van der Waals surface area contributed by atoms with Gasteiger partial charge in [-0.05, 0) is 26.3 Å². The van der Waals surface area contributed by atoms with Gasteiger partial charge in [0.1, 0.15) is 12.2 Å². The lowest BCUT2D eigenvalue weighted by atomic mass is 10.1. The molecule has 0 saturated carbocycles. The standard InChI is InChI=1S/C12H24N4/c1-3-4-5-7-11(2)13-9-6-8-12-14-10-15-16-12/h10-11,13H,3-9H2,1-2H3,(H,14,15,16). The van der Waals surface area contributed by atoms with Gasteiger partial charge in [-0.3, -0.25) is 5.10 Å². The van der Waals surface area contributed by atoms with E-state index < -0.39 is 0 Å². The quantitative estimate of drug-likeness (QED) is 0.633. The maximum absolute atomic E-state index is 4.10. The molecule has 4 nitrogen and oxygen atoms in total. The van der Waals surface area contributed by atoms with E-state index in [1.165, 1.54) is 25.7 Å². The van der Waals surface area contributed by atoms with Gasteiger partial charge in [0.15, 0.2) is 0 Å². The van der Waals surface area contributed by atoms with Crippen LogP contribution in [0, 0.1) is 0 Å². The summed E-state index contributed by atoms with van der Waals surface area (Å²) in [6, 6.07) is 0.640. The van der Waals surface area contributed by atoms with Crippen LogP contribution in [0.1, 0.15) is 51.8 Å². The minimum Gasteiger partial charge on any atom is -0.314 e. The lowest BCUT2D eigenvalue weighted by molar-refractivity contribution is 0.481. The SMILES string of the molecule is CCCCCC(C)NCCCc1ncn[nH]1. The van der Waals surface area contributed by atoms with Crippen LogP contribution in [0.25, 0.3) is 0 Å². The average molecular weight is 224 g/mol. The Bertz CT molecular complexity index is 246. The van der Waals surface area contributed by atoms with Crippen molar-refractivity contribution in [1.82, 2.24) is 20.5 Å². The number of unbranched alkanes of at least 4 members (excludes halogenated alkanes) is 2. The zero-order valence-electron chi connectivity index (χ0n) is 10.5. The van der Waals surface area contributed by atoms with Crippen LogP contribution in [0.2, 0.25) is 0 Å². The van der Waals surface area contributed by atoms with Crippen LogP contribution < -0.4 is 5.32 Å². The Hall–Kier alpha value is -0.900. The molecule has 0 aliphatic rings. The molecule has 1 heterocycles. The Balaban J connectivity index is 1.94. The predicted octanol–water partition coefficient (Wildman–Crippen LogP) is 2.30. The Kier molecular flexibility index (Phi) is 6.81. The molecule has 16 heavy (non-hydrogen) atoms. The first-order valence-electron chi connectivity index (χ1n) is 6.40. The van der Waals surface area contributed by atoms with E-state index in [0.717, 1.165) is 25.2 Å². The summed E-state index contributed by atoms with van der Waals surface area (Å²) in [6.07, 6.45) is 8.95. The molecule has 0 spiro atoms. The van der Waals surface area contributed by atoms with E-state index in [-0.39, 0.29) is 0 Å². The predicted molar refractivity (Wildman–Crippen MR) is 66.3 cm³/mol. The number of aromatic nitrogens is 3. The molecular weight excluding hydrogens is 200 g/mol. The van der Waals surface area contributed by atoms with Crippen molar-refractivity contribution in [2.24, 2.45) is 0 Å². The average Bonchev–Trinajstić information content (AvgIpc) is 2.78. The van der Waals surface area contributed by atoms with Crippen molar-refractivity contribution in [3.8, 4) is 0 Å². The summed E-state index contributed by atoms with van der Waals surface area (Å²) in [4.78, 5) is 4.10. The van der Waals surface area contributed by atoms with E-state index in [0.29, 0.717) is 6.04 Å². The maximum atomic E-state index is 4.10. The summed E-state index contributed by atoms with van der Waals surface area (Å²) >= 11 is 0. The molecule has 0 fully saturated rings. The molecule has 0 radical (unpaired) electrons. The lowest BCUT2D eigenvalue weighted by Crippen LogP contribution is -2.27. The first-order valence-corrected chi connectivity index (χ1v) is 6.40. The van der Waals surface area contributed by atoms with Gasteiger partial charge in [0.05, 0.1) is 0 Å². The highest BCUT2D eigenvalue weighted by molar-refractivity contribution is 4.79. The number of H-pyrrole nitrogens is 1. The third-order valence-corrected chi connectivity index (χ3v) is 2.79. The largest absolute Gasteiger partial charge is 0.314 e. The molecule has 0 aliphatic carbocycles. The van der Waals surface area contributed by atoms with Gasteiger partial charge in [0.2, 0.25) is 0 Å². The van der Waals surface area contributed by atoms with E-state index in [1.807, 2.05) is 0 Å². The molecule has 1 atom stereocenters. The lowest BCUT2D eigenvalue weighted by Gasteiger charge is -2.12. The molecule has 0 aliphatic heterocycles. The maximum Gasteiger partial charge on any atom is 0.137 e. The normalized spacial score (nSPS) is 12.9. The van der Waals surface area contributed by atoms with Crippen molar-refractivity contribution < 1.29 is 0 Å². The van der Waals surface area contributed by atoms with Crippen molar-refractivity contribution in [3.05, 3.63) is 12.2 Å². The minimum absolute atomic E-state index is 0.640. The van der Waals surface area contributed by atoms with Crippen molar-refractivity contribution >= 4 is 0 Å². The van der Waals surface area contributed by atoms with Crippen LogP contribution in [-0.4, -0.2) is 27.8 Å². The van der Waals surface area contributed by atoms with Crippen LogP contribution in [0.4, 0.5) is 0 Å². The molecule has 0 amide bonds. The number of hydrogen-bond donors (Lipinski definition) is 2. The van der Waals surface area contributed by atoms with Gasteiger partial charge in [-0.2, -0.15) is 5.10 Å². The highest BCUT2D eigenvalue weighted by Gasteiger charge is 2.01. The molecule has 1 rings (SSSR count). The number of hydrogen-bond acceptors (Lipinski definition) is 3. The smallest absolute Gasteiger partial charge is 0.137 e. The van der Waals surface area contributed by atoms with Crippen LogP contribution in [0.5, 0.6) is 0 Å². The van der Waals surface area contributed by atoms with Crippen LogP contribution >= 0.6 is 0 Å². The summed E-state index contributed by atoms with van der Waals surface area (Å²) in [5, 5.41) is 10.2. The minimum atomic E-state index is 0.640. The first kappa shape index (κ1) is 13.2. The fourth-order valence-electron chi connectivity index (χ4n) is 1.76. The second-order valence-electron chi connectivity index (χ2n) is 4.39. The second-order valence-corrected chi connectivity index (χ2v) is 4.39. The molecule has 1 aromatic rings. The zero-order valence-corrected chi connectivity index (χ0v) is 10.5. The first-order chi connectivity index (χ1) is 7.83.